The van der Waals surface area contributed by atoms with Gasteiger partial charge in [-0.15, -0.1) is 0 Å². The first-order chi connectivity index (χ1) is 23.5. The van der Waals surface area contributed by atoms with Gasteiger partial charge in [0.25, 0.3) is 7.82 Å². The number of likely N-dealkylation sites (N-methyl/N-ethyl adjacent to an activating group) is 1. The molecule has 0 heterocycles. The SMILES string of the molecule is CC/C=C/C/C=C/C/C=C/C/C=C/CCCCC(=O)OC[C@@H](COP(=O)([O-])OCC[N+](C)(C)C)OC(=O)CCCCCCCCCCCC. The Labute approximate surface area is 299 Å². The minimum atomic E-state index is -4.62. The van der Waals surface area contributed by atoms with Crippen molar-refractivity contribution in [2.24, 2.45) is 0 Å². The first-order valence-electron chi connectivity index (χ1n) is 18.8. The van der Waals surface area contributed by atoms with Crippen molar-refractivity contribution in [1.29, 1.82) is 0 Å². The highest BCUT2D eigenvalue weighted by Gasteiger charge is 2.21. The number of allylic oxidation sites excluding steroid dienone is 8. The van der Waals surface area contributed by atoms with Gasteiger partial charge >= 0.3 is 11.9 Å². The maximum atomic E-state index is 12.6. The van der Waals surface area contributed by atoms with E-state index in [4.69, 9.17) is 18.5 Å². The van der Waals surface area contributed by atoms with E-state index in [1.807, 2.05) is 21.1 Å². The number of phosphoric acid groups is 1. The van der Waals surface area contributed by atoms with E-state index in [0.29, 0.717) is 23.9 Å². The maximum Gasteiger partial charge on any atom is 0.306 e. The predicted octanol–water partition coefficient (Wildman–Crippen LogP) is 9.33. The highest BCUT2D eigenvalue weighted by Crippen LogP contribution is 2.38. The van der Waals surface area contributed by atoms with E-state index in [9.17, 15) is 19.0 Å². The van der Waals surface area contributed by atoms with Gasteiger partial charge in [0.1, 0.15) is 19.8 Å². The molecule has 0 fully saturated rings. The Balaban J connectivity index is 4.51. The highest BCUT2D eigenvalue weighted by molar-refractivity contribution is 7.45. The standard InChI is InChI=1S/C39H70NO8P/c1-6-8-10-12-14-16-18-19-20-21-22-24-25-27-29-31-38(41)45-35-37(36-47-49(43,44)46-34-33-40(3,4)5)48-39(42)32-30-28-26-23-17-15-13-11-9-7-2/h8,10,14,16,19-20,22,24,37H,6-7,9,11-13,15,17-18,21,23,25-36H2,1-5H3/b10-8+,16-14+,20-19+,24-22+/t37-/m0/s1. The fourth-order valence-electron chi connectivity index (χ4n) is 4.64. The van der Waals surface area contributed by atoms with E-state index in [2.05, 4.69) is 62.5 Å². The smallest absolute Gasteiger partial charge is 0.306 e. The third-order valence-corrected chi connectivity index (χ3v) is 8.58. The van der Waals surface area contributed by atoms with Crippen molar-refractivity contribution in [2.75, 3.05) is 47.5 Å². The lowest BCUT2D eigenvalue weighted by Crippen LogP contribution is -2.37. The number of ether oxygens (including phenoxy) is 2. The lowest BCUT2D eigenvalue weighted by atomic mass is 10.1. The van der Waals surface area contributed by atoms with Crippen LogP contribution in [0.3, 0.4) is 0 Å². The van der Waals surface area contributed by atoms with Gasteiger partial charge in [-0.1, -0.05) is 120 Å². The van der Waals surface area contributed by atoms with E-state index in [1.54, 1.807) is 0 Å². The Hall–Kier alpha value is -2.03. The second kappa shape index (κ2) is 31.9. The van der Waals surface area contributed by atoms with Crippen LogP contribution in [0.1, 0.15) is 136 Å². The fourth-order valence-corrected chi connectivity index (χ4v) is 5.37. The molecule has 0 aliphatic rings. The van der Waals surface area contributed by atoms with E-state index in [0.717, 1.165) is 57.8 Å². The predicted molar refractivity (Wildman–Crippen MR) is 199 cm³/mol. The number of quaternary nitrogens is 1. The zero-order chi connectivity index (χ0) is 36.5. The van der Waals surface area contributed by atoms with Gasteiger partial charge in [0.2, 0.25) is 0 Å². The number of esters is 2. The normalized spacial score (nSPS) is 14.3. The van der Waals surface area contributed by atoms with Crippen molar-refractivity contribution in [3.63, 3.8) is 0 Å². The summed E-state index contributed by atoms with van der Waals surface area (Å²) in [5.41, 5.74) is 0. The Kier molecular flexibility index (Phi) is 30.6. The van der Waals surface area contributed by atoms with Crippen LogP contribution in [0.4, 0.5) is 0 Å². The topological polar surface area (TPSA) is 111 Å². The molecular weight excluding hydrogens is 641 g/mol. The van der Waals surface area contributed by atoms with Crippen LogP contribution in [0.2, 0.25) is 0 Å². The summed E-state index contributed by atoms with van der Waals surface area (Å²) in [4.78, 5) is 37.2. The number of rotatable bonds is 33. The highest BCUT2D eigenvalue weighted by atomic mass is 31.2. The van der Waals surface area contributed by atoms with Crippen molar-refractivity contribution in [1.82, 2.24) is 0 Å². The number of carbonyl (C=O) groups is 2. The first kappa shape index (κ1) is 47.0. The zero-order valence-electron chi connectivity index (χ0n) is 31.6. The minimum absolute atomic E-state index is 0.0383. The molecule has 0 saturated heterocycles. The Bertz CT molecular complexity index is 986. The molecule has 49 heavy (non-hydrogen) atoms. The molecule has 0 saturated carbocycles. The van der Waals surface area contributed by atoms with Gasteiger partial charge in [-0.05, 0) is 51.4 Å². The molecule has 1 unspecified atom stereocenters. The second-order valence-corrected chi connectivity index (χ2v) is 15.0. The van der Waals surface area contributed by atoms with E-state index in [1.165, 1.54) is 38.5 Å². The third-order valence-electron chi connectivity index (χ3n) is 7.61. The Morgan fingerprint density at radius 3 is 1.73 bits per heavy atom. The van der Waals surface area contributed by atoms with Gasteiger partial charge in [0.15, 0.2) is 6.10 Å². The van der Waals surface area contributed by atoms with E-state index in [-0.39, 0.29) is 26.1 Å². The van der Waals surface area contributed by atoms with Gasteiger partial charge < -0.3 is 27.9 Å². The molecule has 0 aromatic heterocycles. The molecule has 0 amide bonds. The molecule has 10 heteroatoms. The quantitative estimate of drug-likeness (QED) is 0.0218. The number of hydrogen-bond donors (Lipinski definition) is 0. The van der Waals surface area contributed by atoms with Crippen LogP contribution in [0, 0.1) is 0 Å². The van der Waals surface area contributed by atoms with Crippen molar-refractivity contribution >= 4 is 19.8 Å². The van der Waals surface area contributed by atoms with Crippen LogP contribution in [0.5, 0.6) is 0 Å². The first-order valence-corrected chi connectivity index (χ1v) is 20.3. The zero-order valence-corrected chi connectivity index (χ0v) is 32.5. The average molecular weight is 712 g/mol. The molecule has 2 atom stereocenters. The lowest BCUT2D eigenvalue weighted by Gasteiger charge is -2.28. The van der Waals surface area contributed by atoms with Gasteiger partial charge in [0, 0.05) is 12.8 Å². The number of nitrogens with zero attached hydrogens (tertiary/aromatic N) is 1. The number of hydrogen-bond acceptors (Lipinski definition) is 8. The van der Waals surface area contributed by atoms with Crippen molar-refractivity contribution in [3.8, 4) is 0 Å². The van der Waals surface area contributed by atoms with E-state index < -0.39 is 32.5 Å². The largest absolute Gasteiger partial charge is 0.756 e. The van der Waals surface area contributed by atoms with Crippen molar-refractivity contribution in [2.45, 2.75) is 142 Å². The lowest BCUT2D eigenvalue weighted by molar-refractivity contribution is -0.870. The molecule has 0 rings (SSSR count). The van der Waals surface area contributed by atoms with Crippen LogP contribution in [0.15, 0.2) is 48.6 Å². The fraction of sp³-hybridized carbons (Fsp3) is 0.744. The molecule has 9 nitrogen and oxygen atoms in total. The van der Waals surface area contributed by atoms with Gasteiger partial charge in [-0.25, -0.2) is 0 Å². The molecule has 0 aliphatic carbocycles. The molecule has 284 valence electrons. The van der Waals surface area contributed by atoms with Gasteiger partial charge in [0.05, 0.1) is 27.7 Å². The van der Waals surface area contributed by atoms with Crippen molar-refractivity contribution < 1.29 is 42.1 Å². The summed E-state index contributed by atoms with van der Waals surface area (Å²) in [6.07, 6.45) is 34.3. The summed E-state index contributed by atoms with van der Waals surface area (Å²) in [5, 5.41) is 0. The minimum Gasteiger partial charge on any atom is -0.756 e. The van der Waals surface area contributed by atoms with Crippen LogP contribution in [-0.2, 0) is 32.7 Å². The summed E-state index contributed by atoms with van der Waals surface area (Å²) in [6.45, 7) is 4.02. The summed E-state index contributed by atoms with van der Waals surface area (Å²) in [6, 6.07) is 0. The number of phosphoric ester groups is 1. The van der Waals surface area contributed by atoms with Crippen LogP contribution >= 0.6 is 7.82 Å². The molecule has 0 N–H and O–H groups in total. The summed E-state index contributed by atoms with van der Waals surface area (Å²) >= 11 is 0. The second-order valence-electron chi connectivity index (χ2n) is 13.6. The Morgan fingerprint density at radius 2 is 1.16 bits per heavy atom. The molecule has 0 aromatic rings. The molecule has 0 radical (unpaired) electrons. The molecule has 0 aromatic carbocycles. The summed E-state index contributed by atoms with van der Waals surface area (Å²) in [5.74, 6) is -0.890. The molecular formula is C39H70NO8P. The monoisotopic (exact) mass is 711 g/mol. The van der Waals surface area contributed by atoms with Crippen LogP contribution in [0.25, 0.3) is 0 Å². The molecule has 0 spiro atoms. The van der Waals surface area contributed by atoms with Crippen LogP contribution < -0.4 is 4.89 Å². The Morgan fingerprint density at radius 1 is 0.653 bits per heavy atom. The van der Waals surface area contributed by atoms with Gasteiger partial charge in [-0.3, -0.25) is 14.2 Å². The van der Waals surface area contributed by atoms with Crippen molar-refractivity contribution in [3.05, 3.63) is 48.6 Å². The third kappa shape index (κ3) is 35.6. The van der Waals surface area contributed by atoms with E-state index >= 15 is 0 Å². The number of unbranched alkanes of at least 4 members (excludes halogenated alkanes) is 11. The summed E-state index contributed by atoms with van der Waals surface area (Å²) < 4.78 is 33.6. The summed E-state index contributed by atoms with van der Waals surface area (Å²) in [7, 11) is 1.14. The average Bonchev–Trinajstić information content (AvgIpc) is 3.04. The maximum absolute atomic E-state index is 12.6. The van der Waals surface area contributed by atoms with Crippen LogP contribution in [-0.4, -0.2) is 70.0 Å². The number of carbonyl (C=O) groups excluding carboxylic acids is 2. The molecule has 0 bridgehead atoms. The molecule has 0 aliphatic heterocycles. The van der Waals surface area contributed by atoms with Gasteiger partial charge in [-0.2, -0.15) is 0 Å².